The van der Waals surface area contributed by atoms with Crippen LogP contribution in [0.1, 0.15) is 28.9 Å². The number of piperidine rings is 1. The fraction of sp³-hybridized carbons (Fsp3) is 0.385. The smallest absolute Gasteiger partial charge is 0.294 e. The highest BCUT2D eigenvalue weighted by Gasteiger charge is 2.29. The van der Waals surface area contributed by atoms with Gasteiger partial charge in [0, 0.05) is 49.0 Å². The molecule has 1 amide bonds. The number of nitrogens with zero attached hydrogens (tertiary/aromatic N) is 5. The lowest BCUT2D eigenvalue weighted by molar-refractivity contribution is -0.384. The van der Waals surface area contributed by atoms with E-state index >= 15 is 0 Å². The Hall–Kier alpha value is -3.47. The molecule has 2 saturated heterocycles. The van der Waals surface area contributed by atoms with Crippen LogP contribution in [0.4, 0.5) is 17.1 Å². The number of nitro groups is 1. The summed E-state index contributed by atoms with van der Waals surface area (Å²) in [7, 11) is 0. The maximum atomic E-state index is 13.0. The summed E-state index contributed by atoms with van der Waals surface area (Å²) in [4.78, 5) is 29.1. The molecule has 2 aromatic carbocycles. The Balaban J connectivity index is 1.28. The molecule has 2 fully saturated rings. The minimum atomic E-state index is -0.386. The summed E-state index contributed by atoms with van der Waals surface area (Å²) in [5.41, 5.74) is 2.73. The van der Waals surface area contributed by atoms with Gasteiger partial charge in [0.05, 0.1) is 41.3 Å². The monoisotopic (exact) mass is 524 g/mol. The van der Waals surface area contributed by atoms with E-state index in [9.17, 15) is 14.9 Å². The van der Waals surface area contributed by atoms with Crippen molar-refractivity contribution in [2.45, 2.75) is 25.8 Å². The van der Waals surface area contributed by atoms with Gasteiger partial charge in [-0.25, -0.2) is 4.68 Å². The Bertz CT molecular complexity index is 1280. The number of morpholine rings is 1. The summed E-state index contributed by atoms with van der Waals surface area (Å²) in [6.07, 6.45) is 3.39. The highest BCUT2D eigenvalue weighted by atomic mass is 35.5. The number of nitrogens with one attached hydrogen (secondary N) is 1. The van der Waals surface area contributed by atoms with Crippen LogP contribution in [0.25, 0.3) is 5.69 Å². The summed E-state index contributed by atoms with van der Waals surface area (Å²) in [6.45, 7) is 6.70. The number of nitro benzene ring substituents is 1. The van der Waals surface area contributed by atoms with Crippen LogP contribution in [0.15, 0.2) is 48.7 Å². The Kier molecular flexibility index (Phi) is 7.40. The van der Waals surface area contributed by atoms with Crippen LogP contribution < -0.4 is 10.2 Å². The molecule has 37 heavy (non-hydrogen) atoms. The van der Waals surface area contributed by atoms with Crippen molar-refractivity contribution in [2.24, 2.45) is 0 Å². The molecule has 0 atom stereocenters. The molecule has 0 bridgehead atoms. The second kappa shape index (κ2) is 10.9. The van der Waals surface area contributed by atoms with Gasteiger partial charge in [0.2, 0.25) is 0 Å². The van der Waals surface area contributed by atoms with Gasteiger partial charge >= 0.3 is 0 Å². The van der Waals surface area contributed by atoms with Crippen LogP contribution in [0, 0.1) is 17.0 Å². The number of carbonyl (C=O) groups excluding carboxylic acids is 1. The summed E-state index contributed by atoms with van der Waals surface area (Å²) < 4.78 is 7.11. The predicted molar refractivity (Wildman–Crippen MR) is 142 cm³/mol. The summed E-state index contributed by atoms with van der Waals surface area (Å²) in [5.74, 6) is -0.383. The third-order valence-electron chi connectivity index (χ3n) is 7.12. The number of rotatable bonds is 6. The Morgan fingerprint density at radius 2 is 1.81 bits per heavy atom. The maximum absolute atomic E-state index is 13.0. The normalized spacial score (nSPS) is 17.1. The fourth-order valence-electron chi connectivity index (χ4n) is 5.10. The van der Waals surface area contributed by atoms with Gasteiger partial charge in [-0.2, -0.15) is 5.10 Å². The largest absolute Gasteiger partial charge is 0.379 e. The molecule has 2 aliphatic rings. The third kappa shape index (κ3) is 5.46. The number of benzene rings is 2. The van der Waals surface area contributed by atoms with Gasteiger partial charge in [0.25, 0.3) is 11.6 Å². The average Bonchev–Trinajstić information content (AvgIpc) is 3.31. The van der Waals surface area contributed by atoms with Crippen molar-refractivity contribution in [3.8, 4) is 5.69 Å². The second-order valence-electron chi connectivity index (χ2n) is 9.31. The zero-order valence-electron chi connectivity index (χ0n) is 20.6. The van der Waals surface area contributed by atoms with Gasteiger partial charge in [-0.3, -0.25) is 19.8 Å². The molecule has 5 rings (SSSR count). The van der Waals surface area contributed by atoms with Crippen molar-refractivity contribution in [2.75, 3.05) is 49.6 Å². The summed E-state index contributed by atoms with van der Waals surface area (Å²) in [5, 5.41) is 19.7. The van der Waals surface area contributed by atoms with E-state index < -0.39 is 0 Å². The van der Waals surface area contributed by atoms with E-state index in [4.69, 9.17) is 16.3 Å². The first-order valence-corrected chi connectivity index (χ1v) is 12.8. The van der Waals surface area contributed by atoms with Crippen LogP contribution in [-0.4, -0.2) is 70.9 Å². The molecule has 0 radical (unpaired) electrons. The lowest BCUT2D eigenvalue weighted by Crippen LogP contribution is -2.49. The minimum Gasteiger partial charge on any atom is -0.379 e. The number of amides is 1. The number of ether oxygens (including phenoxy) is 1. The van der Waals surface area contributed by atoms with Crippen LogP contribution in [0.2, 0.25) is 5.02 Å². The topological polar surface area (TPSA) is 106 Å². The molecule has 2 aliphatic heterocycles. The first-order valence-electron chi connectivity index (χ1n) is 12.4. The van der Waals surface area contributed by atoms with E-state index in [1.54, 1.807) is 35.9 Å². The fourth-order valence-corrected chi connectivity index (χ4v) is 5.23. The Morgan fingerprint density at radius 1 is 1.11 bits per heavy atom. The molecule has 1 aromatic heterocycles. The van der Waals surface area contributed by atoms with Crippen molar-refractivity contribution in [1.29, 1.82) is 0 Å². The third-order valence-corrected chi connectivity index (χ3v) is 7.37. The Labute approximate surface area is 219 Å². The number of carbonyl (C=O) groups is 1. The lowest BCUT2D eigenvalue weighted by Gasteiger charge is -2.40. The number of halogens is 1. The molecular formula is C26H29ClN6O4. The summed E-state index contributed by atoms with van der Waals surface area (Å²) >= 11 is 5.97. The van der Waals surface area contributed by atoms with E-state index in [0.717, 1.165) is 57.9 Å². The van der Waals surface area contributed by atoms with Crippen molar-refractivity contribution >= 4 is 34.6 Å². The van der Waals surface area contributed by atoms with Crippen molar-refractivity contribution < 1.29 is 14.5 Å². The van der Waals surface area contributed by atoms with Gasteiger partial charge < -0.3 is 15.0 Å². The number of anilines is 2. The van der Waals surface area contributed by atoms with Gasteiger partial charge in [0.1, 0.15) is 5.69 Å². The molecule has 0 unspecified atom stereocenters. The zero-order chi connectivity index (χ0) is 25.9. The van der Waals surface area contributed by atoms with Crippen molar-refractivity contribution in [3.05, 3.63) is 75.1 Å². The first kappa shape index (κ1) is 25.2. The standard InChI is InChI=1S/C26H29ClN6O4/c1-18-23(17-28-32(18)22-5-2-19(27)3-6-22)26(34)29-20-4-7-24(25(16-20)33(35)36)31-10-8-21(9-11-31)30-12-14-37-15-13-30/h2-7,16-17,21H,8-15H2,1H3,(H,29,34). The van der Waals surface area contributed by atoms with Crippen LogP contribution >= 0.6 is 11.6 Å². The van der Waals surface area contributed by atoms with E-state index in [0.29, 0.717) is 33.7 Å². The highest BCUT2D eigenvalue weighted by molar-refractivity contribution is 6.30. The summed E-state index contributed by atoms with van der Waals surface area (Å²) in [6, 6.07) is 12.5. The van der Waals surface area contributed by atoms with Crippen molar-refractivity contribution in [3.63, 3.8) is 0 Å². The molecule has 3 heterocycles. The van der Waals surface area contributed by atoms with Crippen LogP contribution in [-0.2, 0) is 4.74 Å². The first-order chi connectivity index (χ1) is 17.9. The molecule has 3 aromatic rings. The molecule has 10 nitrogen and oxygen atoms in total. The highest BCUT2D eigenvalue weighted by Crippen LogP contribution is 2.34. The van der Waals surface area contributed by atoms with Gasteiger partial charge in [-0.1, -0.05) is 11.6 Å². The SMILES string of the molecule is Cc1c(C(=O)Nc2ccc(N3CCC(N4CCOCC4)CC3)c([N+](=O)[O-])c2)cnn1-c1ccc(Cl)cc1. The van der Waals surface area contributed by atoms with Crippen LogP contribution in [0.3, 0.4) is 0 Å². The van der Waals surface area contributed by atoms with E-state index in [1.165, 1.54) is 12.3 Å². The number of hydrogen-bond donors (Lipinski definition) is 1. The molecule has 0 aliphatic carbocycles. The molecule has 0 spiro atoms. The predicted octanol–water partition coefficient (Wildman–Crippen LogP) is 4.30. The van der Waals surface area contributed by atoms with Gasteiger partial charge in [0.15, 0.2) is 0 Å². The maximum Gasteiger partial charge on any atom is 0.294 e. The average molecular weight is 525 g/mol. The van der Waals surface area contributed by atoms with Crippen molar-refractivity contribution in [1.82, 2.24) is 14.7 Å². The van der Waals surface area contributed by atoms with E-state index in [1.807, 2.05) is 12.1 Å². The zero-order valence-corrected chi connectivity index (χ0v) is 21.4. The van der Waals surface area contributed by atoms with E-state index in [2.05, 4.69) is 20.2 Å². The Morgan fingerprint density at radius 3 is 2.49 bits per heavy atom. The molecule has 1 N–H and O–H groups in total. The van der Waals surface area contributed by atoms with Gasteiger partial charge in [-0.05, 0) is 56.2 Å². The lowest BCUT2D eigenvalue weighted by atomic mass is 10.0. The van der Waals surface area contributed by atoms with Gasteiger partial charge in [-0.15, -0.1) is 0 Å². The minimum absolute atomic E-state index is 0.0174. The quantitative estimate of drug-likeness (QED) is 0.378. The second-order valence-corrected chi connectivity index (χ2v) is 9.75. The number of hydrogen-bond acceptors (Lipinski definition) is 7. The van der Waals surface area contributed by atoms with Crippen LogP contribution in [0.5, 0.6) is 0 Å². The molecule has 11 heteroatoms. The molecule has 194 valence electrons. The number of aromatic nitrogens is 2. The van der Waals surface area contributed by atoms with E-state index in [-0.39, 0.29) is 16.5 Å². The molecule has 0 saturated carbocycles. The molecular weight excluding hydrogens is 496 g/mol.